The van der Waals surface area contributed by atoms with Gasteiger partial charge in [0.2, 0.25) is 11.8 Å². The SMILES string of the molecule is COc1ccc(C(OC[C@H]2O[C@@H](n3cc(/C=C/C(=O)NCCNC(=O)[C@@H](C)c4ccc(CC(C)C)cc4)c(=O)[nH]c3=O)CC2OP(OCCC#N)N(C(C)C)C(C)C)(c2ccccc2)c2ccc(OC)cc2)cc1. The second kappa shape index (κ2) is 27.2. The van der Waals surface area contributed by atoms with E-state index in [0.717, 1.165) is 28.7 Å². The number of aromatic nitrogens is 2. The molecule has 1 aliphatic rings. The maximum Gasteiger partial charge on any atom is 0.330 e. The van der Waals surface area contributed by atoms with Crippen LogP contribution in [0.5, 0.6) is 11.5 Å². The van der Waals surface area contributed by atoms with Crippen molar-refractivity contribution in [1.29, 1.82) is 5.26 Å². The molecule has 1 aliphatic heterocycles. The van der Waals surface area contributed by atoms with Crippen molar-refractivity contribution in [1.82, 2.24) is 24.9 Å². The molecule has 0 radical (unpaired) electrons. The van der Waals surface area contributed by atoms with Gasteiger partial charge < -0.3 is 38.6 Å². The number of aromatic amines is 1. The summed E-state index contributed by atoms with van der Waals surface area (Å²) in [5.74, 6) is 0.809. The van der Waals surface area contributed by atoms with E-state index < -0.39 is 49.7 Å². The summed E-state index contributed by atoms with van der Waals surface area (Å²) < 4.78 is 41.9. The number of rotatable bonds is 26. The zero-order valence-corrected chi connectivity index (χ0v) is 44.8. The van der Waals surface area contributed by atoms with Crippen molar-refractivity contribution >= 4 is 26.4 Å². The highest BCUT2D eigenvalue weighted by molar-refractivity contribution is 7.44. The molecule has 0 saturated carbocycles. The van der Waals surface area contributed by atoms with E-state index in [-0.39, 0.29) is 68.6 Å². The zero-order valence-electron chi connectivity index (χ0n) is 43.9. The number of hydrogen-bond acceptors (Lipinski definition) is 12. The van der Waals surface area contributed by atoms with Gasteiger partial charge in [0, 0.05) is 43.9 Å². The summed E-state index contributed by atoms with van der Waals surface area (Å²) in [6, 6.07) is 35.3. The van der Waals surface area contributed by atoms with Crippen molar-refractivity contribution in [2.45, 2.75) is 110 Å². The van der Waals surface area contributed by atoms with Crippen molar-refractivity contribution in [3.8, 4) is 17.6 Å². The highest BCUT2D eigenvalue weighted by atomic mass is 31.2. The molecule has 6 rings (SSSR count). The van der Waals surface area contributed by atoms with E-state index in [1.54, 1.807) is 14.2 Å². The summed E-state index contributed by atoms with van der Waals surface area (Å²) in [6.07, 6.45) is 2.58. The first kappa shape index (κ1) is 56.8. The third-order valence-electron chi connectivity index (χ3n) is 12.7. The van der Waals surface area contributed by atoms with Gasteiger partial charge in [-0.2, -0.15) is 5.26 Å². The van der Waals surface area contributed by atoms with Gasteiger partial charge in [0.05, 0.1) is 57.5 Å². The molecule has 2 amide bonds. The number of carbonyl (C=O) groups excluding carboxylic acids is 2. The van der Waals surface area contributed by atoms with Gasteiger partial charge in [0.25, 0.3) is 14.1 Å². The smallest absolute Gasteiger partial charge is 0.330 e. The number of nitrogens with zero attached hydrogens (tertiary/aromatic N) is 3. The Morgan fingerprint density at radius 2 is 1.45 bits per heavy atom. The van der Waals surface area contributed by atoms with Crippen LogP contribution in [0.15, 0.2) is 125 Å². The van der Waals surface area contributed by atoms with Crippen LogP contribution < -0.4 is 31.4 Å². The summed E-state index contributed by atoms with van der Waals surface area (Å²) in [5.41, 5.74) is 1.90. The van der Waals surface area contributed by atoms with Gasteiger partial charge >= 0.3 is 5.69 Å². The minimum Gasteiger partial charge on any atom is -0.497 e. The molecule has 4 aromatic carbocycles. The van der Waals surface area contributed by atoms with Gasteiger partial charge in [-0.05, 0) is 105 Å². The van der Waals surface area contributed by atoms with E-state index in [4.69, 9.17) is 28.0 Å². The summed E-state index contributed by atoms with van der Waals surface area (Å²) in [6.45, 7) is 14.7. The highest BCUT2D eigenvalue weighted by Crippen LogP contribution is 2.51. The summed E-state index contributed by atoms with van der Waals surface area (Å²) in [4.78, 5) is 55.3. The predicted octanol–water partition coefficient (Wildman–Crippen LogP) is 8.76. The lowest BCUT2D eigenvalue weighted by Crippen LogP contribution is -2.39. The van der Waals surface area contributed by atoms with Crippen molar-refractivity contribution in [3.05, 3.63) is 170 Å². The largest absolute Gasteiger partial charge is 0.497 e. The summed E-state index contributed by atoms with van der Waals surface area (Å²) in [5, 5.41) is 15.1. The second-order valence-electron chi connectivity index (χ2n) is 19.1. The Labute approximate surface area is 436 Å². The van der Waals surface area contributed by atoms with Crippen molar-refractivity contribution in [3.63, 3.8) is 0 Å². The quantitative estimate of drug-likeness (QED) is 0.0207. The molecule has 1 fully saturated rings. The number of methoxy groups -OCH3 is 2. The molecule has 17 heteroatoms. The Bertz CT molecular complexity index is 2720. The van der Waals surface area contributed by atoms with E-state index in [1.807, 2.05) is 126 Å². The first-order chi connectivity index (χ1) is 35.6. The number of carbonyl (C=O) groups is 2. The Hall–Kier alpha value is -6.44. The molecule has 1 saturated heterocycles. The maximum absolute atomic E-state index is 13.7. The fourth-order valence-electron chi connectivity index (χ4n) is 8.97. The Kier molecular flexibility index (Phi) is 20.9. The van der Waals surface area contributed by atoms with Gasteiger partial charge in [-0.1, -0.05) is 92.7 Å². The molecule has 0 spiro atoms. The van der Waals surface area contributed by atoms with Crippen LogP contribution in [0.2, 0.25) is 0 Å². The number of nitrogens with one attached hydrogen (secondary N) is 3. The van der Waals surface area contributed by atoms with Crippen LogP contribution in [0.25, 0.3) is 6.08 Å². The molecule has 74 heavy (non-hydrogen) atoms. The topological polar surface area (TPSA) is 195 Å². The Morgan fingerprint density at radius 3 is 2.01 bits per heavy atom. The highest BCUT2D eigenvalue weighted by Gasteiger charge is 2.45. The van der Waals surface area contributed by atoms with E-state index in [1.165, 1.54) is 28.5 Å². The normalized spacial score (nSPS) is 16.7. The van der Waals surface area contributed by atoms with E-state index >= 15 is 0 Å². The van der Waals surface area contributed by atoms with Gasteiger partial charge in [-0.3, -0.25) is 23.9 Å². The minimum absolute atomic E-state index is 0.00872. The fourth-order valence-corrected chi connectivity index (χ4v) is 10.7. The molecule has 0 bridgehead atoms. The van der Waals surface area contributed by atoms with Crippen LogP contribution in [-0.4, -0.2) is 90.9 Å². The van der Waals surface area contributed by atoms with Crippen LogP contribution in [0.4, 0.5) is 0 Å². The number of nitriles is 1. The number of hydrogen-bond donors (Lipinski definition) is 3. The number of ether oxygens (including phenoxy) is 4. The van der Waals surface area contributed by atoms with Gasteiger partial charge in [0.1, 0.15) is 29.4 Å². The maximum atomic E-state index is 13.7. The lowest BCUT2D eigenvalue weighted by Gasteiger charge is -2.39. The number of benzene rings is 4. The van der Waals surface area contributed by atoms with E-state index in [0.29, 0.717) is 17.4 Å². The molecule has 3 N–H and O–H groups in total. The Balaban J connectivity index is 1.27. The van der Waals surface area contributed by atoms with Gasteiger partial charge in [0.15, 0.2) is 0 Å². The van der Waals surface area contributed by atoms with E-state index in [2.05, 4.69) is 52.3 Å². The van der Waals surface area contributed by atoms with Crippen LogP contribution in [-0.2, 0) is 40.1 Å². The molecule has 394 valence electrons. The molecule has 1 aromatic heterocycles. The van der Waals surface area contributed by atoms with Crippen LogP contribution in [0.1, 0.15) is 107 Å². The van der Waals surface area contributed by atoms with E-state index in [9.17, 15) is 24.4 Å². The van der Waals surface area contributed by atoms with Crippen LogP contribution in [0.3, 0.4) is 0 Å². The fraction of sp³-hybridized carbons (Fsp3) is 0.421. The molecule has 2 heterocycles. The first-order valence-electron chi connectivity index (χ1n) is 25.1. The summed E-state index contributed by atoms with van der Waals surface area (Å²) >= 11 is 0. The molecule has 16 nitrogen and oxygen atoms in total. The van der Waals surface area contributed by atoms with Crippen molar-refractivity contribution < 1.29 is 37.6 Å². The average Bonchev–Trinajstić information content (AvgIpc) is 3.79. The van der Waals surface area contributed by atoms with Gasteiger partial charge in [-0.15, -0.1) is 0 Å². The predicted molar refractivity (Wildman–Crippen MR) is 287 cm³/mol. The second-order valence-corrected chi connectivity index (χ2v) is 20.5. The van der Waals surface area contributed by atoms with Gasteiger partial charge in [-0.25, -0.2) is 9.46 Å². The van der Waals surface area contributed by atoms with Crippen molar-refractivity contribution in [2.24, 2.45) is 5.92 Å². The monoisotopic (exact) mass is 1030 g/mol. The third kappa shape index (κ3) is 14.7. The average molecular weight is 1030 g/mol. The molecule has 5 aromatic rings. The lowest BCUT2D eigenvalue weighted by molar-refractivity contribution is -0.122. The standard InChI is InChI=1S/C57H71N6O10P/c1-38(2)34-42-16-18-43(19-17-42)41(7)54(65)60-32-31-59-52(64)29-20-44-36-62(56(67)61-55(44)66)53-35-50(73-74(71-33-13-30-58)63(39(3)4)40(5)6)51(72-53)37-70-57(45-14-11-10-12-15-45,46-21-25-48(68-8)26-22-46)47-23-27-49(69-9)28-24-47/h10-12,14-29,36,38-41,50-51,53H,13,31-35,37H2,1-9H3,(H,59,64)(H,60,65)(H,61,66,67)/b29-20+/t41-,50?,51+,53+,74?/m0/s1. The molecule has 0 aliphatic carbocycles. The molecule has 5 atom stereocenters. The first-order valence-corrected chi connectivity index (χ1v) is 26.3. The zero-order chi connectivity index (χ0) is 53.4. The Morgan fingerprint density at radius 1 is 0.851 bits per heavy atom. The molecular weight excluding hydrogens is 960 g/mol. The van der Waals surface area contributed by atoms with Crippen molar-refractivity contribution in [2.75, 3.05) is 40.5 Å². The lowest BCUT2D eigenvalue weighted by atomic mass is 9.80. The van der Waals surface area contributed by atoms with Crippen LogP contribution >= 0.6 is 8.53 Å². The third-order valence-corrected chi connectivity index (χ3v) is 14.8. The summed E-state index contributed by atoms with van der Waals surface area (Å²) in [7, 11) is 1.43. The molecular formula is C57H71N6O10P. The number of H-pyrrole nitrogens is 1. The minimum atomic E-state index is -1.79. The number of amides is 2. The van der Waals surface area contributed by atoms with Crippen LogP contribution in [0, 0.1) is 17.2 Å². The molecule has 2 unspecified atom stereocenters.